The molecule has 0 aliphatic heterocycles. The van der Waals surface area contributed by atoms with E-state index in [2.05, 4.69) is 12.1 Å². The Bertz CT molecular complexity index is 508. The molecule has 1 aromatic carbocycles. The van der Waals surface area contributed by atoms with Gasteiger partial charge < -0.3 is 5.73 Å². The van der Waals surface area contributed by atoms with Crippen LogP contribution in [0, 0.1) is 0 Å². The fourth-order valence-corrected chi connectivity index (χ4v) is 3.28. The SMILES string of the molecule is NC(=O)C[S@](=O)Cc1ccccc1C1=CCCC1. The Hall–Kier alpha value is -1.42. The number of hydrogen-bond donors (Lipinski definition) is 1. The zero-order chi connectivity index (χ0) is 13.0. The van der Waals surface area contributed by atoms with E-state index in [1.54, 1.807) is 0 Å². The second-order valence-corrected chi connectivity index (χ2v) is 5.93. The molecule has 2 rings (SSSR count). The van der Waals surface area contributed by atoms with Gasteiger partial charge in [0.25, 0.3) is 0 Å². The summed E-state index contributed by atoms with van der Waals surface area (Å²) < 4.78 is 11.8. The van der Waals surface area contributed by atoms with Crippen molar-refractivity contribution in [2.75, 3.05) is 5.75 Å². The third kappa shape index (κ3) is 3.29. The Labute approximate surface area is 110 Å². The van der Waals surface area contributed by atoms with Crippen molar-refractivity contribution in [2.24, 2.45) is 5.73 Å². The van der Waals surface area contributed by atoms with E-state index in [9.17, 15) is 9.00 Å². The summed E-state index contributed by atoms with van der Waals surface area (Å²) in [5.74, 6) is -0.171. The van der Waals surface area contributed by atoms with E-state index < -0.39 is 16.7 Å². The van der Waals surface area contributed by atoms with Crippen LogP contribution in [0.3, 0.4) is 0 Å². The smallest absolute Gasteiger partial charge is 0.230 e. The lowest BCUT2D eigenvalue weighted by Crippen LogP contribution is -2.20. The van der Waals surface area contributed by atoms with Crippen LogP contribution in [-0.2, 0) is 21.3 Å². The van der Waals surface area contributed by atoms with Crippen LogP contribution in [0.4, 0.5) is 0 Å². The van der Waals surface area contributed by atoms with Crippen molar-refractivity contribution >= 4 is 22.3 Å². The van der Waals surface area contributed by atoms with Crippen LogP contribution in [0.1, 0.15) is 30.4 Å². The fourth-order valence-electron chi connectivity index (χ4n) is 2.26. The molecule has 0 saturated heterocycles. The maximum atomic E-state index is 11.8. The Balaban J connectivity index is 2.17. The molecule has 96 valence electrons. The van der Waals surface area contributed by atoms with E-state index in [-0.39, 0.29) is 5.75 Å². The van der Waals surface area contributed by atoms with Crippen molar-refractivity contribution in [1.29, 1.82) is 0 Å². The molecule has 0 fully saturated rings. The molecule has 4 heteroatoms. The lowest BCUT2D eigenvalue weighted by molar-refractivity contribution is -0.115. The molecule has 1 aliphatic carbocycles. The average molecular weight is 263 g/mol. The minimum atomic E-state index is -1.21. The standard InChI is InChI=1S/C14H17NO2S/c15-14(16)10-18(17)9-12-7-3-4-8-13(12)11-5-1-2-6-11/h3-5,7-8H,1-2,6,9-10H2,(H2,15,16)/t18-/m1/s1. The van der Waals surface area contributed by atoms with Gasteiger partial charge in [-0.15, -0.1) is 0 Å². The highest BCUT2D eigenvalue weighted by Gasteiger charge is 2.13. The van der Waals surface area contributed by atoms with Crippen molar-refractivity contribution in [3.8, 4) is 0 Å². The van der Waals surface area contributed by atoms with Gasteiger partial charge in [0, 0.05) is 16.6 Å². The lowest BCUT2D eigenvalue weighted by atomic mass is 10.0. The highest BCUT2D eigenvalue weighted by Crippen LogP contribution is 2.30. The first kappa shape index (κ1) is 13.0. The van der Waals surface area contributed by atoms with Crippen LogP contribution in [0.15, 0.2) is 30.3 Å². The number of benzene rings is 1. The average Bonchev–Trinajstić information content (AvgIpc) is 2.81. The monoisotopic (exact) mass is 263 g/mol. The third-order valence-corrected chi connectivity index (χ3v) is 4.26. The number of primary amides is 1. The van der Waals surface area contributed by atoms with Crippen LogP contribution in [-0.4, -0.2) is 15.9 Å². The molecule has 0 radical (unpaired) electrons. The Morgan fingerprint density at radius 3 is 2.78 bits per heavy atom. The van der Waals surface area contributed by atoms with Crippen molar-refractivity contribution in [2.45, 2.75) is 25.0 Å². The highest BCUT2D eigenvalue weighted by molar-refractivity contribution is 7.84. The number of amides is 1. The number of carbonyl (C=O) groups is 1. The van der Waals surface area contributed by atoms with Gasteiger partial charge in [0.2, 0.25) is 5.91 Å². The predicted molar refractivity (Wildman–Crippen MR) is 74.2 cm³/mol. The van der Waals surface area contributed by atoms with Crippen LogP contribution < -0.4 is 5.73 Å². The minimum absolute atomic E-state index is 0.0621. The third-order valence-electron chi connectivity index (χ3n) is 3.02. The molecule has 0 unspecified atom stereocenters. The van der Waals surface area contributed by atoms with Gasteiger partial charge in [-0.2, -0.15) is 0 Å². The van der Waals surface area contributed by atoms with Gasteiger partial charge in [0.15, 0.2) is 0 Å². The molecule has 2 N–H and O–H groups in total. The summed E-state index contributed by atoms with van der Waals surface area (Å²) in [4.78, 5) is 10.8. The van der Waals surface area contributed by atoms with Crippen LogP contribution in [0.2, 0.25) is 0 Å². The first-order valence-corrected chi connectivity index (χ1v) is 7.56. The van der Waals surface area contributed by atoms with E-state index in [4.69, 9.17) is 5.73 Å². The summed E-state index contributed by atoms with van der Waals surface area (Å²) in [6.07, 6.45) is 5.64. The normalized spacial score (nSPS) is 16.3. The predicted octanol–water partition coefficient (Wildman–Crippen LogP) is 1.99. The molecule has 1 aliphatic rings. The highest BCUT2D eigenvalue weighted by atomic mass is 32.2. The van der Waals surface area contributed by atoms with E-state index in [0.29, 0.717) is 5.75 Å². The van der Waals surface area contributed by atoms with E-state index in [0.717, 1.165) is 18.4 Å². The number of hydrogen-bond acceptors (Lipinski definition) is 2. The first-order valence-electron chi connectivity index (χ1n) is 6.07. The first-order chi connectivity index (χ1) is 8.66. The van der Waals surface area contributed by atoms with E-state index >= 15 is 0 Å². The van der Waals surface area contributed by atoms with Gasteiger partial charge in [-0.1, -0.05) is 30.3 Å². The second kappa shape index (κ2) is 5.96. The quantitative estimate of drug-likeness (QED) is 0.883. The number of carbonyl (C=O) groups excluding carboxylic acids is 1. The van der Waals surface area contributed by atoms with Crippen LogP contribution >= 0.6 is 0 Å². The molecule has 1 amide bonds. The summed E-state index contributed by atoms with van der Waals surface area (Å²) in [6, 6.07) is 7.98. The maximum absolute atomic E-state index is 11.8. The van der Waals surface area contributed by atoms with Gasteiger partial charge in [-0.25, -0.2) is 0 Å². The van der Waals surface area contributed by atoms with Gasteiger partial charge in [-0.05, 0) is 36.0 Å². The van der Waals surface area contributed by atoms with E-state index in [1.165, 1.54) is 17.6 Å². The molecule has 0 heterocycles. The summed E-state index contributed by atoms with van der Waals surface area (Å²) in [6.45, 7) is 0. The van der Waals surface area contributed by atoms with Gasteiger partial charge in [0.05, 0.1) is 0 Å². The summed E-state index contributed by atoms with van der Waals surface area (Å²) >= 11 is 0. The molecule has 0 spiro atoms. The molecule has 0 bridgehead atoms. The van der Waals surface area contributed by atoms with Gasteiger partial charge in [0.1, 0.15) is 5.75 Å². The summed E-state index contributed by atoms with van der Waals surface area (Å²) in [5, 5.41) is 0. The lowest BCUT2D eigenvalue weighted by Gasteiger charge is -2.09. The molecule has 18 heavy (non-hydrogen) atoms. The Kier molecular flexibility index (Phi) is 4.31. The van der Waals surface area contributed by atoms with Crippen molar-refractivity contribution in [1.82, 2.24) is 0 Å². The number of rotatable bonds is 5. The van der Waals surface area contributed by atoms with Gasteiger partial charge in [-0.3, -0.25) is 9.00 Å². The number of nitrogens with two attached hydrogens (primary N) is 1. The van der Waals surface area contributed by atoms with Crippen LogP contribution in [0.25, 0.3) is 5.57 Å². The fraction of sp³-hybridized carbons (Fsp3) is 0.357. The summed E-state index contributed by atoms with van der Waals surface area (Å²) in [7, 11) is -1.21. The zero-order valence-corrected chi connectivity index (χ0v) is 11.0. The Morgan fingerprint density at radius 2 is 2.11 bits per heavy atom. The molecule has 0 saturated carbocycles. The maximum Gasteiger partial charge on any atom is 0.230 e. The van der Waals surface area contributed by atoms with E-state index in [1.807, 2.05) is 18.2 Å². The van der Waals surface area contributed by atoms with Crippen molar-refractivity contribution in [3.05, 3.63) is 41.5 Å². The molecule has 0 aromatic heterocycles. The molecule has 1 aromatic rings. The topological polar surface area (TPSA) is 60.2 Å². The largest absolute Gasteiger partial charge is 0.369 e. The molecular weight excluding hydrogens is 246 g/mol. The second-order valence-electron chi connectivity index (χ2n) is 4.47. The Morgan fingerprint density at radius 1 is 1.33 bits per heavy atom. The number of allylic oxidation sites excluding steroid dienone is 2. The van der Waals surface area contributed by atoms with Gasteiger partial charge >= 0.3 is 0 Å². The van der Waals surface area contributed by atoms with Crippen LogP contribution in [0.5, 0.6) is 0 Å². The van der Waals surface area contributed by atoms with Crippen molar-refractivity contribution in [3.63, 3.8) is 0 Å². The summed E-state index contributed by atoms with van der Waals surface area (Å²) in [5.41, 5.74) is 8.62. The minimum Gasteiger partial charge on any atom is -0.369 e. The van der Waals surface area contributed by atoms with Crippen molar-refractivity contribution < 1.29 is 9.00 Å². The molecule has 1 atom stereocenters. The zero-order valence-electron chi connectivity index (χ0n) is 10.2. The molecular formula is C14H17NO2S. The molecule has 3 nitrogen and oxygen atoms in total.